The van der Waals surface area contributed by atoms with Crippen LogP contribution in [0.15, 0.2) is 57.9 Å². The molecule has 12 heteroatoms. The average Bonchev–Trinajstić information content (AvgIpc) is 3.11. The van der Waals surface area contributed by atoms with E-state index in [1.54, 1.807) is 13.8 Å². The first kappa shape index (κ1) is 24.5. The van der Waals surface area contributed by atoms with E-state index in [1.807, 2.05) is 0 Å². The Balaban J connectivity index is 1.62. The summed E-state index contributed by atoms with van der Waals surface area (Å²) in [6.07, 6.45) is -3.37. The lowest BCUT2D eigenvalue weighted by molar-refractivity contribution is -0.137. The van der Waals surface area contributed by atoms with Crippen molar-refractivity contribution in [3.63, 3.8) is 0 Å². The van der Waals surface area contributed by atoms with Crippen LogP contribution in [-0.2, 0) is 6.18 Å². The zero-order chi connectivity index (χ0) is 25.5. The van der Waals surface area contributed by atoms with E-state index in [9.17, 15) is 27.2 Å². The zero-order valence-corrected chi connectivity index (χ0v) is 19.8. The van der Waals surface area contributed by atoms with Crippen molar-refractivity contribution in [3.05, 3.63) is 80.6 Å². The fourth-order valence-corrected chi connectivity index (χ4v) is 3.89. The first-order valence-corrected chi connectivity index (χ1v) is 11.0. The van der Waals surface area contributed by atoms with E-state index in [0.29, 0.717) is 5.52 Å². The number of aromatic nitrogens is 3. The molecule has 4 aromatic rings. The van der Waals surface area contributed by atoms with Gasteiger partial charge in [0.05, 0.1) is 11.1 Å². The van der Waals surface area contributed by atoms with Gasteiger partial charge in [0.15, 0.2) is 23.0 Å². The van der Waals surface area contributed by atoms with Gasteiger partial charge in [-0.05, 0) is 44.2 Å². The molecule has 2 heterocycles. The van der Waals surface area contributed by atoms with E-state index < -0.39 is 34.7 Å². The third-order valence-corrected chi connectivity index (χ3v) is 5.52. The molecule has 2 aromatic carbocycles. The summed E-state index contributed by atoms with van der Waals surface area (Å²) >= 11 is 2.96. The number of imidazole rings is 1. The largest absolute Gasteiger partial charge is 0.452 e. The summed E-state index contributed by atoms with van der Waals surface area (Å²) < 4.78 is 62.1. The number of rotatable bonds is 5. The number of pyridine rings is 1. The zero-order valence-electron chi connectivity index (χ0n) is 18.2. The van der Waals surface area contributed by atoms with Crippen LogP contribution in [0.4, 0.5) is 23.2 Å². The molecule has 0 aliphatic rings. The van der Waals surface area contributed by atoms with Gasteiger partial charge in [-0.1, -0.05) is 15.9 Å². The van der Waals surface area contributed by atoms with E-state index in [0.717, 1.165) is 18.2 Å². The number of aromatic amines is 1. The van der Waals surface area contributed by atoms with Gasteiger partial charge in [0.2, 0.25) is 0 Å². The van der Waals surface area contributed by atoms with Gasteiger partial charge in [-0.25, -0.2) is 14.2 Å². The molecule has 0 aliphatic carbocycles. The van der Waals surface area contributed by atoms with Crippen LogP contribution in [0, 0.1) is 5.82 Å². The van der Waals surface area contributed by atoms with Crippen molar-refractivity contribution in [2.45, 2.75) is 26.1 Å². The first-order chi connectivity index (χ1) is 16.5. The van der Waals surface area contributed by atoms with Gasteiger partial charge >= 0.3 is 11.9 Å². The van der Waals surface area contributed by atoms with E-state index in [2.05, 4.69) is 31.2 Å². The summed E-state index contributed by atoms with van der Waals surface area (Å²) in [4.78, 5) is 31.5. The molecule has 0 radical (unpaired) electrons. The molecule has 35 heavy (non-hydrogen) atoms. The fourth-order valence-electron chi connectivity index (χ4n) is 3.53. The summed E-state index contributed by atoms with van der Waals surface area (Å²) in [6.45, 7) is 3.58. The molecule has 0 spiro atoms. The van der Waals surface area contributed by atoms with Crippen LogP contribution >= 0.6 is 15.9 Å². The molecule has 0 bridgehead atoms. The number of halogens is 5. The Kier molecular flexibility index (Phi) is 6.41. The highest BCUT2D eigenvalue weighted by Crippen LogP contribution is 2.35. The topological polar surface area (TPSA) is 89.0 Å². The Morgan fingerprint density at radius 1 is 1.14 bits per heavy atom. The molecule has 2 N–H and O–H groups in total. The lowest BCUT2D eigenvalue weighted by Gasteiger charge is -2.14. The maximum Gasteiger partial charge on any atom is 0.417 e. The van der Waals surface area contributed by atoms with Crippen molar-refractivity contribution < 1.29 is 27.1 Å². The van der Waals surface area contributed by atoms with Gasteiger partial charge < -0.3 is 10.1 Å². The van der Waals surface area contributed by atoms with Crippen LogP contribution in [0.5, 0.6) is 11.5 Å². The third-order valence-electron chi connectivity index (χ3n) is 5.03. The van der Waals surface area contributed by atoms with E-state index in [1.165, 1.54) is 35.0 Å². The first-order valence-electron chi connectivity index (χ1n) is 10.2. The summed E-state index contributed by atoms with van der Waals surface area (Å²) in [5, 5.41) is 2.27. The minimum Gasteiger partial charge on any atom is -0.452 e. The van der Waals surface area contributed by atoms with E-state index in [4.69, 9.17) is 4.74 Å². The van der Waals surface area contributed by atoms with Crippen molar-refractivity contribution in [1.82, 2.24) is 14.5 Å². The van der Waals surface area contributed by atoms with E-state index >= 15 is 0 Å². The number of fused-ring (bicyclic) bond motifs is 1. The summed E-state index contributed by atoms with van der Waals surface area (Å²) in [5.74, 6) is -1.99. The maximum atomic E-state index is 14.8. The molecule has 0 saturated heterocycles. The molecule has 1 amide bonds. The lowest BCUT2D eigenvalue weighted by Crippen LogP contribution is -2.19. The van der Waals surface area contributed by atoms with Crippen LogP contribution in [-0.4, -0.2) is 20.4 Å². The standard InChI is InChI=1S/C23H17BrF4N4O3/c1-11(2)32-19-18(7-8-29-20(19)31-22(32)34)35-17-6-4-13(10-16(17)25)30-21(33)14-5-3-12(24)9-15(14)23(26,27)28/h3-11H,1-2H3,(H,30,33)(H,29,31,34). The number of benzene rings is 2. The van der Waals surface area contributed by atoms with Crippen molar-refractivity contribution in [1.29, 1.82) is 0 Å². The molecule has 0 saturated carbocycles. The summed E-state index contributed by atoms with van der Waals surface area (Å²) in [7, 11) is 0. The molecular weight excluding hydrogens is 536 g/mol. The normalized spacial score (nSPS) is 11.8. The van der Waals surface area contributed by atoms with Crippen molar-refractivity contribution in [3.8, 4) is 11.5 Å². The monoisotopic (exact) mass is 552 g/mol. The summed E-state index contributed by atoms with van der Waals surface area (Å²) in [5.41, 5.74) is -1.60. The Labute approximate surface area is 203 Å². The quantitative estimate of drug-likeness (QED) is 0.285. The van der Waals surface area contributed by atoms with Crippen LogP contribution in [0.1, 0.15) is 35.8 Å². The number of nitrogens with zero attached hydrogens (tertiary/aromatic N) is 2. The van der Waals surface area contributed by atoms with Crippen LogP contribution in [0.25, 0.3) is 11.2 Å². The number of amides is 1. The molecule has 182 valence electrons. The number of ether oxygens (including phenoxy) is 1. The van der Waals surface area contributed by atoms with Crippen molar-refractivity contribution in [2.24, 2.45) is 0 Å². The maximum absolute atomic E-state index is 14.8. The van der Waals surface area contributed by atoms with Gasteiger partial charge in [-0.3, -0.25) is 14.3 Å². The predicted molar refractivity (Wildman–Crippen MR) is 124 cm³/mol. The lowest BCUT2D eigenvalue weighted by atomic mass is 10.1. The van der Waals surface area contributed by atoms with Crippen molar-refractivity contribution >= 4 is 38.7 Å². The van der Waals surface area contributed by atoms with Crippen LogP contribution in [0.2, 0.25) is 0 Å². The third kappa shape index (κ3) is 4.92. The Morgan fingerprint density at radius 2 is 1.89 bits per heavy atom. The molecule has 0 unspecified atom stereocenters. The highest BCUT2D eigenvalue weighted by Gasteiger charge is 2.35. The summed E-state index contributed by atoms with van der Waals surface area (Å²) in [6, 6.07) is 7.77. The van der Waals surface area contributed by atoms with Gasteiger partial charge in [0.25, 0.3) is 5.91 Å². The predicted octanol–water partition coefficient (Wildman–Crippen LogP) is 6.27. The smallest absolute Gasteiger partial charge is 0.417 e. The molecule has 7 nitrogen and oxygen atoms in total. The molecule has 0 atom stereocenters. The van der Waals surface area contributed by atoms with Crippen LogP contribution < -0.4 is 15.7 Å². The number of carbonyl (C=O) groups is 1. The number of carbonyl (C=O) groups excluding carboxylic acids is 1. The number of H-pyrrole nitrogens is 1. The minimum absolute atomic E-state index is 0.0727. The number of alkyl halides is 3. The molecule has 4 rings (SSSR count). The molecule has 0 aliphatic heterocycles. The minimum atomic E-state index is -4.76. The average molecular weight is 553 g/mol. The SMILES string of the molecule is CC(C)n1c(=O)[nH]c2nccc(Oc3ccc(NC(=O)c4ccc(Br)cc4C(F)(F)F)cc3F)c21. The highest BCUT2D eigenvalue weighted by molar-refractivity contribution is 9.10. The second kappa shape index (κ2) is 9.17. The Bertz CT molecular complexity index is 1490. The second-order valence-electron chi connectivity index (χ2n) is 7.79. The Morgan fingerprint density at radius 3 is 2.54 bits per heavy atom. The molecular formula is C23H17BrF4N4O3. The number of nitrogens with one attached hydrogen (secondary N) is 2. The molecule has 0 fully saturated rings. The second-order valence-corrected chi connectivity index (χ2v) is 8.70. The van der Waals surface area contributed by atoms with Crippen molar-refractivity contribution in [2.75, 3.05) is 5.32 Å². The number of hydrogen-bond donors (Lipinski definition) is 2. The molecule has 2 aromatic heterocycles. The number of hydrogen-bond acceptors (Lipinski definition) is 4. The Hall–Kier alpha value is -3.67. The van der Waals surface area contributed by atoms with Crippen LogP contribution in [0.3, 0.4) is 0 Å². The van der Waals surface area contributed by atoms with Gasteiger partial charge in [-0.2, -0.15) is 13.2 Å². The fraction of sp³-hybridized carbons (Fsp3) is 0.174. The van der Waals surface area contributed by atoms with Gasteiger partial charge in [0.1, 0.15) is 5.52 Å². The van der Waals surface area contributed by atoms with Gasteiger partial charge in [-0.15, -0.1) is 0 Å². The van der Waals surface area contributed by atoms with Gasteiger partial charge in [0, 0.05) is 34.5 Å². The van der Waals surface area contributed by atoms with E-state index in [-0.39, 0.29) is 33.3 Å². The highest BCUT2D eigenvalue weighted by atomic mass is 79.9. The number of anilines is 1.